The molecule has 1 aliphatic rings. The molecular formula is C20H26O2S2. The molecule has 1 heterocycles. The van der Waals surface area contributed by atoms with Crippen molar-refractivity contribution in [1.82, 2.24) is 0 Å². The zero-order valence-electron chi connectivity index (χ0n) is 14.9. The smallest absolute Gasteiger partial charge is 0.307 e. The molecule has 1 unspecified atom stereocenters. The second-order valence-electron chi connectivity index (χ2n) is 6.13. The maximum atomic E-state index is 12.4. The SMILES string of the molecule is C/C=C(/C)SC(CC(=O)OCc1ccccc1)C1=C(C)C[C@@H](C)S1. The van der Waals surface area contributed by atoms with Crippen molar-refractivity contribution in [3.8, 4) is 0 Å². The first kappa shape index (κ1) is 19.2. The maximum absolute atomic E-state index is 12.4. The van der Waals surface area contributed by atoms with Crippen LogP contribution in [-0.4, -0.2) is 16.5 Å². The molecule has 4 heteroatoms. The number of hydrogen-bond acceptors (Lipinski definition) is 4. The van der Waals surface area contributed by atoms with Crippen molar-refractivity contribution in [3.05, 3.63) is 57.4 Å². The first-order valence-electron chi connectivity index (χ1n) is 8.35. The average molecular weight is 363 g/mol. The van der Waals surface area contributed by atoms with Crippen LogP contribution in [0.5, 0.6) is 0 Å². The van der Waals surface area contributed by atoms with Crippen LogP contribution < -0.4 is 0 Å². The van der Waals surface area contributed by atoms with Crippen LogP contribution in [0.15, 0.2) is 51.8 Å². The number of hydrogen-bond donors (Lipinski definition) is 0. The minimum absolute atomic E-state index is 0.124. The van der Waals surface area contributed by atoms with Gasteiger partial charge in [-0.05, 0) is 42.6 Å². The van der Waals surface area contributed by atoms with Gasteiger partial charge in [-0.1, -0.05) is 48.9 Å². The van der Waals surface area contributed by atoms with Crippen molar-refractivity contribution in [2.45, 2.75) is 57.6 Å². The molecule has 0 radical (unpaired) electrons. The van der Waals surface area contributed by atoms with E-state index in [0.717, 1.165) is 12.0 Å². The van der Waals surface area contributed by atoms with E-state index >= 15 is 0 Å². The first-order chi connectivity index (χ1) is 11.5. The summed E-state index contributed by atoms with van der Waals surface area (Å²) in [6.07, 6.45) is 3.64. The van der Waals surface area contributed by atoms with Crippen LogP contribution in [0.25, 0.3) is 0 Å². The number of esters is 1. The summed E-state index contributed by atoms with van der Waals surface area (Å²) >= 11 is 3.69. The highest BCUT2D eigenvalue weighted by atomic mass is 32.2. The quantitative estimate of drug-likeness (QED) is 0.560. The van der Waals surface area contributed by atoms with Crippen LogP contribution in [0.1, 0.15) is 46.1 Å². The van der Waals surface area contributed by atoms with Crippen LogP contribution in [0, 0.1) is 0 Å². The van der Waals surface area contributed by atoms with Crippen LogP contribution in [0.2, 0.25) is 0 Å². The standard InChI is InChI=1S/C20H26O2S2/c1-5-15(3)23-18(20-14(2)11-16(4)24-20)12-19(21)22-13-17-9-7-6-8-10-17/h5-10,16,18H,11-13H2,1-4H3/b15-5-/t16-,18?/m1/s1. The lowest BCUT2D eigenvalue weighted by molar-refractivity contribution is -0.144. The van der Waals surface area contributed by atoms with Crippen molar-refractivity contribution in [3.63, 3.8) is 0 Å². The molecule has 2 nitrogen and oxygen atoms in total. The zero-order valence-corrected chi connectivity index (χ0v) is 16.5. The Morgan fingerprint density at radius 3 is 2.71 bits per heavy atom. The Morgan fingerprint density at radius 2 is 2.12 bits per heavy atom. The van der Waals surface area contributed by atoms with E-state index in [1.807, 2.05) is 49.0 Å². The summed E-state index contributed by atoms with van der Waals surface area (Å²) in [7, 11) is 0. The summed E-state index contributed by atoms with van der Waals surface area (Å²) in [5.41, 5.74) is 2.45. The van der Waals surface area contributed by atoms with Crippen molar-refractivity contribution >= 4 is 29.5 Å². The molecule has 0 bridgehead atoms. The fourth-order valence-corrected chi connectivity index (χ4v) is 5.38. The summed E-state index contributed by atoms with van der Waals surface area (Å²) in [5.74, 6) is -0.124. The summed E-state index contributed by atoms with van der Waals surface area (Å²) in [4.78, 5) is 15.0. The molecule has 24 heavy (non-hydrogen) atoms. The predicted octanol–water partition coefficient (Wildman–Crippen LogP) is 5.94. The second-order valence-corrected chi connectivity index (χ2v) is 9.06. The highest BCUT2D eigenvalue weighted by molar-refractivity contribution is 8.08. The van der Waals surface area contributed by atoms with Gasteiger partial charge in [-0.3, -0.25) is 4.79 Å². The lowest BCUT2D eigenvalue weighted by Crippen LogP contribution is -2.15. The normalized spacial score (nSPS) is 19.5. The predicted molar refractivity (Wildman–Crippen MR) is 106 cm³/mol. The number of carbonyl (C=O) groups excluding carboxylic acids is 1. The molecule has 1 aromatic rings. The molecule has 0 spiro atoms. The fourth-order valence-electron chi connectivity index (χ4n) is 2.67. The van der Waals surface area contributed by atoms with Gasteiger partial charge < -0.3 is 4.74 Å². The van der Waals surface area contributed by atoms with Crippen LogP contribution in [-0.2, 0) is 16.1 Å². The molecule has 0 N–H and O–H groups in total. The van der Waals surface area contributed by atoms with Gasteiger partial charge in [-0.15, -0.1) is 23.5 Å². The van der Waals surface area contributed by atoms with E-state index in [1.54, 1.807) is 11.8 Å². The Bertz CT molecular complexity index is 620. The number of carbonyl (C=O) groups is 1. The Kier molecular flexibility index (Phi) is 7.50. The van der Waals surface area contributed by atoms with Gasteiger partial charge in [0.05, 0.1) is 11.7 Å². The number of allylic oxidation sites excluding steroid dienone is 3. The Balaban J connectivity index is 1.99. The Hall–Kier alpha value is -1.13. The number of thioether (sulfide) groups is 2. The molecule has 0 saturated heterocycles. The highest BCUT2D eigenvalue weighted by Crippen LogP contribution is 2.45. The molecule has 0 aliphatic carbocycles. The lowest BCUT2D eigenvalue weighted by atomic mass is 10.1. The summed E-state index contributed by atoms with van der Waals surface area (Å²) in [6, 6.07) is 9.84. The zero-order chi connectivity index (χ0) is 17.5. The Morgan fingerprint density at radius 1 is 1.42 bits per heavy atom. The number of ether oxygens (including phenoxy) is 1. The van der Waals surface area contributed by atoms with Crippen molar-refractivity contribution in [1.29, 1.82) is 0 Å². The topological polar surface area (TPSA) is 26.3 Å². The van der Waals surface area contributed by atoms with E-state index in [9.17, 15) is 4.79 Å². The number of benzene rings is 1. The molecule has 2 rings (SSSR count). The molecule has 0 amide bonds. The third-order valence-electron chi connectivity index (χ3n) is 3.96. The van der Waals surface area contributed by atoms with E-state index in [1.165, 1.54) is 15.4 Å². The minimum Gasteiger partial charge on any atom is -0.461 e. The molecule has 2 atom stereocenters. The van der Waals surface area contributed by atoms with E-state index in [2.05, 4.69) is 26.8 Å². The molecule has 1 aromatic carbocycles. The van der Waals surface area contributed by atoms with E-state index in [0.29, 0.717) is 18.3 Å². The monoisotopic (exact) mass is 362 g/mol. The van der Waals surface area contributed by atoms with Crippen LogP contribution in [0.4, 0.5) is 0 Å². The summed E-state index contributed by atoms with van der Waals surface area (Å²) < 4.78 is 5.49. The second kappa shape index (κ2) is 9.38. The Labute approximate surface area is 154 Å². The first-order valence-corrected chi connectivity index (χ1v) is 10.1. The third kappa shape index (κ3) is 5.75. The molecular weight excluding hydrogens is 336 g/mol. The lowest BCUT2D eigenvalue weighted by Gasteiger charge is -2.19. The van der Waals surface area contributed by atoms with Crippen molar-refractivity contribution in [2.75, 3.05) is 0 Å². The van der Waals surface area contributed by atoms with Gasteiger partial charge in [0.25, 0.3) is 0 Å². The highest BCUT2D eigenvalue weighted by Gasteiger charge is 2.28. The summed E-state index contributed by atoms with van der Waals surface area (Å²) in [5, 5.41) is 0.772. The summed E-state index contributed by atoms with van der Waals surface area (Å²) in [6.45, 7) is 8.94. The van der Waals surface area contributed by atoms with Crippen LogP contribution in [0.3, 0.4) is 0 Å². The van der Waals surface area contributed by atoms with Gasteiger partial charge >= 0.3 is 5.97 Å². The van der Waals surface area contributed by atoms with E-state index in [4.69, 9.17) is 4.74 Å². The van der Waals surface area contributed by atoms with Crippen LogP contribution >= 0.6 is 23.5 Å². The van der Waals surface area contributed by atoms with Crippen molar-refractivity contribution in [2.24, 2.45) is 0 Å². The van der Waals surface area contributed by atoms with E-state index in [-0.39, 0.29) is 11.2 Å². The minimum atomic E-state index is -0.124. The van der Waals surface area contributed by atoms with Gasteiger partial charge in [0, 0.05) is 5.25 Å². The van der Waals surface area contributed by atoms with Gasteiger partial charge in [0.2, 0.25) is 0 Å². The molecule has 0 aromatic heterocycles. The third-order valence-corrected chi connectivity index (χ3v) is 6.86. The average Bonchev–Trinajstić information content (AvgIpc) is 2.91. The maximum Gasteiger partial charge on any atom is 0.307 e. The fraction of sp³-hybridized carbons (Fsp3) is 0.450. The van der Waals surface area contributed by atoms with E-state index < -0.39 is 0 Å². The molecule has 130 valence electrons. The van der Waals surface area contributed by atoms with Gasteiger partial charge in [-0.2, -0.15) is 0 Å². The van der Waals surface area contributed by atoms with Gasteiger partial charge in [-0.25, -0.2) is 0 Å². The van der Waals surface area contributed by atoms with Crippen molar-refractivity contribution < 1.29 is 9.53 Å². The van der Waals surface area contributed by atoms with Gasteiger partial charge in [0.15, 0.2) is 0 Å². The molecule has 1 aliphatic heterocycles. The molecule has 0 fully saturated rings. The van der Waals surface area contributed by atoms with Gasteiger partial charge in [0.1, 0.15) is 6.61 Å². The number of rotatable bonds is 7. The largest absolute Gasteiger partial charge is 0.461 e. The molecule has 0 saturated carbocycles.